The van der Waals surface area contributed by atoms with E-state index in [1.165, 1.54) is 6.08 Å². The summed E-state index contributed by atoms with van der Waals surface area (Å²) < 4.78 is 0. The van der Waals surface area contributed by atoms with Gasteiger partial charge >= 0.3 is 5.97 Å². The molecule has 1 atom stereocenters. The van der Waals surface area contributed by atoms with Gasteiger partial charge in [0, 0.05) is 0 Å². The van der Waals surface area contributed by atoms with Crippen molar-refractivity contribution in [3.05, 3.63) is 0 Å². The van der Waals surface area contributed by atoms with Gasteiger partial charge in [-0.05, 0) is 6.42 Å². The summed E-state index contributed by atoms with van der Waals surface area (Å²) in [6.45, 7) is 1.77. The summed E-state index contributed by atoms with van der Waals surface area (Å²) in [5.74, 6) is -0.939. The van der Waals surface area contributed by atoms with Crippen molar-refractivity contribution < 1.29 is 14.7 Å². The number of aliphatic imine (C=N–C) groups is 1. The van der Waals surface area contributed by atoms with Crippen molar-refractivity contribution >= 4 is 12.0 Å². The maximum Gasteiger partial charge on any atom is 0.305 e. The zero-order valence-electron chi connectivity index (χ0n) is 5.70. The van der Waals surface area contributed by atoms with Gasteiger partial charge < -0.3 is 5.11 Å². The Bertz CT molecular complexity index is 160. The van der Waals surface area contributed by atoms with Crippen LogP contribution in [0.2, 0.25) is 0 Å². The van der Waals surface area contributed by atoms with Crippen LogP contribution in [-0.2, 0) is 9.59 Å². The normalized spacial score (nSPS) is 11.7. The number of nitrogens with zero attached hydrogens (tertiary/aromatic N) is 1. The van der Waals surface area contributed by atoms with Crippen LogP contribution in [0.25, 0.3) is 0 Å². The summed E-state index contributed by atoms with van der Waals surface area (Å²) in [7, 11) is 0. The van der Waals surface area contributed by atoms with Crippen LogP contribution < -0.4 is 0 Å². The molecule has 10 heavy (non-hydrogen) atoms. The zero-order chi connectivity index (χ0) is 7.98. The van der Waals surface area contributed by atoms with Gasteiger partial charge in [-0.3, -0.25) is 4.79 Å². The number of carboxylic acids is 1. The van der Waals surface area contributed by atoms with Gasteiger partial charge in [-0.2, -0.15) is 0 Å². The third-order valence-corrected chi connectivity index (χ3v) is 1.12. The van der Waals surface area contributed by atoms with E-state index in [4.69, 9.17) is 5.11 Å². The molecule has 0 aromatic rings. The van der Waals surface area contributed by atoms with Gasteiger partial charge in [0.1, 0.15) is 0 Å². The number of hydrogen-bond donors (Lipinski definition) is 1. The second-order valence-corrected chi connectivity index (χ2v) is 1.88. The molecule has 0 saturated heterocycles. The summed E-state index contributed by atoms with van der Waals surface area (Å²) in [4.78, 5) is 23.0. The average Bonchev–Trinajstić information content (AvgIpc) is 1.86. The molecule has 0 spiro atoms. The standard InChI is InChI=1S/C6H9NO3/c1-2-5(7-4-8)3-6(9)10/h5H,2-3H2,1H3,(H,9,10). The first-order chi connectivity index (χ1) is 4.70. The molecule has 0 heterocycles. The fourth-order valence-electron chi connectivity index (χ4n) is 0.557. The molecule has 0 rings (SSSR count). The van der Waals surface area contributed by atoms with Crippen LogP contribution >= 0.6 is 0 Å². The average molecular weight is 143 g/mol. The maximum absolute atomic E-state index is 10.1. The van der Waals surface area contributed by atoms with Crippen LogP contribution in [0.3, 0.4) is 0 Å². The van der Waals surface area contributed by atoms with E-state index in [1.54, 1.807) is 6.92 Å². The lowest BCUT2D eigenvalue weighted by molar-refractivity contribution is -0.137. The van der Waals surface area contributed by atoms with Crippen LogP contribution in [0, 0.1) is 0 Å². The van der Waals surface area contributed by atoms with Crippen LogP contribution in [0.4, 0.5) is 0 Å². The summed E-state index contributed by atoms with van der Waals surface area (Å²) in [5.41, 5.74) is 0. The monoisotopic (exact) mass is 143 g/mol. The molecule has 0 radical (unpaired) electrons. The molecule has 1 N–H and O–H groups in total. The minimum absolute atomic E-state index is 0.0915. The highest BCUT2D eigenvalue weighted by Gasteiger charge is 2.08. The third kappa shape index (κ3) is 3.80. The highest BCUT2D eigenvalue weighted by atomic mass is 16.4. The molecular weight excluding hydrogens is 134 g/mol. The zero-order valence-corrected chi connectivity index (χ0v) is 5.70. The predicted molar refractivity (Wildman–Crippen MR) is 34.5 cm³/mol. The number of carbonyl (C=O) groups is 1. The number of carbonyl (C=O) groups excluding carboxylic acids is 1. The second kappa shape index (κ2) is 4.70. The minimum atomic E-state index is -0.939. The van der Waals surface area contributed by atoms with Gasteiger partial charge in [0.05, 0.1) is 12.5 Å². The van der Waals surface area contributed by atoms with Crippen LogP contribution in [0.15, 0.2) is 4.99 Å². The molecule has 4 nitrogen and oxygen atoms in total. The quantitative estimate of drug-likeness (QED) is 0.462. The molecule has 0 aliphatic rings. The summed E-state index contributed by atoms with van der Waals surface area (Å²) in [6, 6.07) is -0.407. The van der Waals surface area contributed by atoms with E-state index in [-0.39, 0.29) is 6.42 Å². The Hall–Kier alpha value is -1.15. The summed E-state index contributed by atoms with van der Waals surface area (Å²) in [5, 5.41) is 8.25. The van der Waals surface area contributed by atoms with Crippen molar-refractivity contribution in [2.24, 2.45) is 4.99 Å². The Morgan fingerprint density at radius 2 is 2.40 bits per heavy atom. The lowest BCUT2D eigenvalue weighted by atomic mass is 10.2. The van der Waals surface area contributed by atoms with Crippen LogP contribution in [0.5, 0.6) is 0 Å². The summed E-state index contributed by atoms with van der Waals surface area (Å²) in [6.07, 6.45) is 1.80. The van der Waals surface area contributed by atoms with E-state index in [0.29, 0.717) is 6.42 Å². The molecular formula is C6H9NO3. The highest BCUT2D eigenvalue weighted by Crippen LogP contribution is 2.00. The topological polar surface area (TPSA) is 66.7 Å². The molecule has 4 heteroatoms. The lowest BCUT2D eigenvalue weighted by Crippen LogP contribution is -2.09. The van der Waals surface area contributed by atoms with Gasteiger partial charge in [-0.25, -0.2) is 9.79 Å². The number of carboxylic acid groups (broad SMARTS) is 1. The van der Waals surface area contributed by atoms with Gasteiger partial charge in [0.25, 0.3) is 0 Å². The minimum Gasteiger partial charge on any atom is -0.481 e. The Balaban J connectivity index is 3.82. The number of isocyanates is 1. The first kappa shape index (κ1) is 8.85. The molecule has 0 bridgehead atoms. The Kier molecular flexibility index (Phi) is 4.16. The Morgan fingerprint density at radius 3 is 2.70 bits per heavy atom. The SMILES string of the molecule is CCC(CC(=O)O)N=C=O. The maximum atomic E-state index is 10.1. The molecule has 0 aromatic heterocycles. The van der Waals surface area contributed by atoms with E-state index >= 15 is 0 Å². The predicted octanol–water partition coefficient (Wildman–Crippen LogP) is 0.575. The fraction of sp³-hybridized carbons (Fsp3) is 0.667. The molecule has 0 aromatic carbocycles. The van der Waals surface area contributed by atoms with Gasteiger partial charge in [-0.15, -0.1) is 0 Å². The van der Waals surface area contributed by atoms with E-state index in [2.05, 4.69) is 4.99 Å². The highest BCUT2D eigenvalue weighted by molar-refractivity contribution is 5.67. The first-order valence-corrected chi connectivity index (χ1v) is 2.99. The van der Waals surface area contributed by atoms with E-state index in [9.17, 15) is 9.59 Å². The summed E-state index contributed by atoms with van der Waals surface area (Å²) >= 11 is 0. The third-order valence-electron chi connectivity index (χ3n) is 1.12. The van der Waals surface area contributed by atoms with Gasteiger partial charge in [-0.1, -0.05) is 6.92 Å². The molecule has 0 aliphatic heterocycles. The van der Waals surface area contributed by atoms with Gasteiger partial charge in [0.2, 0.25) is 6.08 Å². The molecule has 0 aliphatic carbocycles. The number of rotatable bonds is 4. The van der Waals surface area contributed by atoms with Crippen molar-refractivity contribution in [2.75, 3.05) is 0 Å². The van der Waals surface area contributed by atoms with Crippen LogP contribution in [-0.4, -0.2) is 23.2 Å². The molecule has 1 unspecified atom stereocenters. The largest absolute Gasteiger partial charge is 0.481 e. The Morgan fingerprint density at radius 1 is 1.80 bits per heavy atom. The van der Waals surface area contributed by atoms with Gasteiger partial charge in [0.15, 0.2) is 0 Å². The van der Waals surface area contributed by atoms with Crippen molar-refractivity contribution in [3.8, 4) is 0 Å². The van der Waals surface area contributed by atoms with Crippen molar-refractivity contribution in [2.45, 2.75) is 25.8 Å². The number of aliphatic carboxylic acids is 1. The first-order valence-electron chi connectivity index (χ1n) is 2.99. The van der Waals surface area contributed by atoms with Crippen molar-refractivity contribution in [1.82, 2.24) is 0 Å². The molecule has 0 amide bonds. The van der Waals surface area contributed by atoms with E-state index in [0.717, 1.165) is 0 Å². The lowest BCUT2D eigenvalue weighted by Gasteiger charge is -2.00. The van der Waals surface area contributed by atoms with Crippen molar-refractivity contribution in [3.63, 3.8) is 0 Å². The smallest absolute Gasteiger partial charge is 0.305 e. The Labute approximate surface area is 58.6 Å². The van der Waals surface area contributed by atoms with E-state index < -0.39 is 12.0 Å². The fourth-order valence-corrected chi connectivity index (χ4v) is 0.557. The molecule has 0 saturated carbocycles. The van der Waals surface area contributed by atoms with Crippen LogP contribution in [0.1, 0.15) is 19.8 Å². The second-order valence-electron chi connectivity index (χ2n) is 1.88. The molecule has 0 fully saturated rings. The molecule has 56 valence electrons. The number of hydrogen-bond acceptors (Lipinski definition) is 3. The van der Waals surface area contributed by atoms with Crippen molar-refractivity contribution in [1.29, 1.82) is 0 Å². The van der Waals surface area contributed by atoms with E-state index in [1.807, 2.05) is 0 Å².